The third kappa shape index (κ3) is 2.24. The third-order valence-electron chi connectivity index (χ3n) is 6.02. The van der Waals surface area contributed by atoms with Crippen molar-refractivity contribution in [2.24, 2.45) is 11.7 Å². The number of aliphatic hydroxyl groups is 2. The maximum absolute atomic E-state index is 13.3. The number of ketones is 3. The molecule has 0 bridgehead atoms. The first kappa shape index (κ1) is 19.1. The molecule has 0 saturated carbocycles. The summed E-state index contributed by atoms with van der Waals surface area (Å²) in [6, 6.07) is 3.55. The minimum atomic E-state index is -2.70. The van der Waals surface area contributed by atoms with Gasteiger partial charge in [-0.2, -0.15) is 0 Å². The van der Waals surface area contributed by atoms with Crippen molar-refractivity contribution in [3.8, 4) is 11.5 Å². The van der Waals surface area contributed by atoms with Crippen molar-refractivity contribution in [1.29, 1.82) is 0 Å². The van der Waals surface area contributed by atoms with Crippen molar-refractivity contribution in [1.82, 2.24) is 0 Å². The Labute approximate surface area is 164 Å². The normalized spacial score (nSPS) is 26.5. The van der Waals surface area contributed by atoms with E-state index in [-0.39, 0.29) is 23.1 Å². The first-order chi connectivity index (χ1) is 13.5. The topological polar surface area (TPSA) is 158 Å². The fraction of sp³-hybridized carbons (Fsp3) is 0.286. The number of rotatable bonds is 1. The second-order valence-electron chi connectivity index (χ2n) is 7.67. The molecule has 3 atom stereocenters. The number of benzene rings is 2. The lowest BCUT2D eigenvalue weighted by Gasteiger charge is -2.44. The molecule has 0 fully saturated rings. The van der Waals surface area contributed by atoms with Crippen LogP contribution in [0, 0.1) is 12.8 Å². The zero-order chi connectivity index (χ0) is 21.4. The van der Waals surface area contributed by atoms with Crippen LogP contribution in [0.4, 0.5) is 0 Å². The van der Waals surface area contributed by atoms with Crippen LogP contribution in [0.1, 0.15) is 28.4 Å². The molecule has 0 heterocycles. The fourth-order valence-corrected chi connectivity index (χ4v) is 4.44. The van der Waals surface area contributed by atoms with Gasteiger partial charge in [0.25, 0.3) is 0 Å². The molecule has 0 aliphatic heterocycles. The molecular weight excluding hydrogens is 378 g/mol. The van der Waals surface area contributed by atoms with Crippen molar-refractivity contribution >= 4 is 28.1 Å². The lowest BCUT2D eigenvalue weighted by atomic mass is 9.61. The van der Waals surface area contributed by atoms with Crippen LogP contribution in [-0.4, -0.2) is 49.4 Å². The second-order valence-corrected chi connectivity index (χ2v) is 7.67. The number of aliphatic hydroxyl groups excluding tert-OH is 1. The summed E-state index contributed by atoms with van der Waals surface area (Å²) in [4.78, 5) is 38.0. The van der Waals surface area contributed by atoms with Crippen LogP contribution >= 0.6 is 0 Å². The van der Waals surface area contributed by atoms with Crippen molar-refractivity contribution < 1.29 is 34.8 Å². The largest absolute Gasteiger partial charge is 0.510 e. The van der Waals surface area contributed by atoms with Gasteiger partial charge in [0.2, 0.25) is 11.6 Å². The molecule has 0 amide bonds. The predicted octanol–water partition coefficient (Wildman–Crippen LogP) is 0.957. The van der Waals surface area contributed by atoms with E-state index >= 15 is 0 Å². The number of aromatic hydroxyl groups is 2. The highest BCUT2D eigenvalue weighted by molar-refractivity contribution is 6.33. The van der Waals surface area contributed by atoms with Crippen LogP contribution < -0.4 is 5.73 Å². The minimum Gasteiger partial charge on any atom is -0.510 e. The van der Waals surface area contributed by atoms with E-state index in [9.17, 15) is 34.8 Å². The van der Waals surface area contributed by atoms with E-state index in [1.165, 1.54) is 0 Å². The average molecular weight is 397 g/mol. The summed E-state index contributed by atoms with van der Waals surface area (Å²) >= 11 is 0. The van der Waals surface area contributed by atoms with Gasteiger partial charge in [-0.1, -0.05) is 18.2 Å². The van der Waals surface area contributed by atoms with Crippen molar-refractivity contribution in [3.05, 3.63) is 46.2 Å². The first-order valence-electron chi connectivity index (χ1n) is 9.00. The molecule has 6 N–H and O–H groups in total. The van der Waals surface area contributed by atoms with E-state index in [0.29, 0.717) is 16.5 Å². The lowest BCUT2D eigenvalue weighted by Crippen LogP contribution is -2.65. The van der Waals surface area contributed by atoms with Crippen LogP contribution in [0.25, 0.3) is 10.8 Å². The van der Waals surface area contributed by atoms with Crippen LogP contribution in [0.15, 0.2) is 29.5 Å². The van der Waals surface area contributed by atoms with Gasteiger partial charge in [-0.15, -0.1) is 0 Å². The Hall–Kier alpha value is -3.23. The van der Waals surface area contributed by atoms with Crippen LogP contribution in [-0.2, 0) is 16.0 Å². The van der Waals surface area contributed by atoms with Gasteiger partial charge in [0.05, 0.1) is 17.0 Å². The van der Waals surface area contributed by atoms with Crippen LogP contribution in [0.5, 0.6) is 11.5 Å². The van der Waals surface area contributed by atoms with E-state index in [2.05, 4.69) is 0 Å². The van der Waals surface area contributed by atoms with Gasteiger partial charge in [-0.05, 0) is 36.8 Å². The number of hydrogen-bond donors (Lipinski definition) is 5. The zero-order valence-electron chi connectivity index (χ0n) is 15.7. The molecule has 0 saturated heterocycles. The van der Waals surface area contributed by atoms with Crippen molar-refractivity contribution in [2.75, 3.05) is 0 Å². The third-order valence-corrected chi connectivity index (χ3v) is 6.02. The fourth-order valence-electron chi connectivity index (χ4n) is 4.44. The van der Waals surface area contributed by atoms with Crippen molar-refractivity contribution in [3.63, 3.8) is 0 Å². The number of fused-ring (bicyclic) bond motifs is 3. The summed E-state index contributed by atoms with van der Waals surface area (Å²) in [5.41, 5.74) is 3.06. The predicted molar refractivity (Wildman–Crippen MR) is 102 cm³/mol. The van der Waals surface area contributed by atoms with Gasteiger partial charge in [0, 0.05) is 5.92 Å². The minimum absolute atomic E-state index is 0.0249. The van der Waals surface area contributed by atoms with E-state index in [1.807, 2.05) is 0 Å². The molecule has 0 radical (unpaired) electrons. The maximum Gasteiger partial charge on any atom is 0.209 e. The molecule has 0 spiro atoms. The number of phenols is 2. The Balaban J connectivity index is 2.02. The molecule has 29 heavy (non-hydrogen) atoms. The van der Waals surface area contributed by atoms with Crippen LogP contribution in [0.3, 0.4) is 0 Å². The molecule has 150 valence electrons. The Morgan fingerprint density at radius 1 is 1.14 bits per heavy atom. The summed E-state index contributed by atoms with van der Waals surface area (Å²) in [5, 5.41) is 43.1. The van der Waals surface area contributed by atoms with E-state index in [0.717, 1.165) is 6.92 Å². The molecule has 0 aromatic heterocycles. The highest BCUT2D eigenvalue weighted by Crippen LogP contribution is 2.48. The van der Waals surface area contributed by atoms with Gasteiger partial charge in [-0.3, -0.25) is 14.4 Å². The summed E-state index contributed by atoms with van der Waals surface area (Å²) in [6.45, 7) is 2.64. The molecule has 2 aliphatic rings. The van der Waals surface area contributed by atoms with Gasteiger partial charge in [0.15, 0.2) is 11.4 Å². The molecule has 2 unspecified atom stereocenters. The van der Waals surface area contributed by atoms with E-state index in [1.54, 1.807) is 25.1 Å². The van der Waals surface area contributed by atoms with Gasteiger partial charge >= 0.3 is 0 Å². The SMILES string of the molecule is CC(=O)C1=C(O)[C@H](N)C2Cc3cc4ccc(C)c(O)c4c(O)c3C(=O)C2(O)C1=O. The number of aryl methyl sites for hydroxylation is 1. The monoisotopic (exact) mass is 397 g/mol. The first-order valence-corrected chi connectivity index (χ1v) is 9.00. The Kier molecular flexibility index (Phi) is 3.88. The van der Waals surface area contributed by atoms with E-state index in [4.69, 9.17) is 5.73 Å². The average Bonchev–Trinajstić information content (AvgIpc) is 2.65. The number of nitrogens with two attached hydrogens (primary N) is 1. The summed E-state index contributed by atoms with van der Waals surface area (Å²) < 4.78 is 0. The lowest BCUT2D eigenvalue weighted by molar-refractivity contribution is -0.138. The Bertz CT molecular complexity index is 1180. The number of carbonyl (C=O) groups is 3. The Morgan fingerprint density at radius 3 is 2.41 bits per heavy atom. The molecule has 4 rings (SSSR count). The molecule has 8 nitrogen and oxygen atoms in total. The summed E-state index contributed by atoms with van der Waals surface area (Å²) in [6.07, 6.45) is -0.0993. The number of phenolic OH excluding ortho intramolecular Hbond substituents is 2. The molecule has 2 aromatic carbocycles. The van der Waals surface area contributed by atoms with Crippen molar-refractivity contribution in [2.45, 2.75) is 31.9 Å². The summed E-state index contributed by atoms with van der Waals surface area (Å²) in [7, 11) is 0. The zero-order valence-corrected chi connectivity index (χ0v) is 15.7. The molecule has 2 aliphatic carbocycles. The highest BCUT2D eigenvalue weighted by atomic mass is 16.3. The molecule has 8 heteroatoms. The smallest absolute Gasteiger partial charge is 0.209 e. The number of Topliss-reactive ketones (excluding diaryl/α,β-unsaturated/α-hetero) is 3. The highest BCUT2D eigenvalue weighted by Gasteiger charge is 2.61. The van der Waals surface area contributed by atoms with Crippen LogP contribution in [0.2, 0.25) is 0 Å². The van der Waals surface area contributed by atoms with Gasteiger partial charge < -0.3 is 26.2 Å². The quantitative estimate of drug-likeness (QED) is 0.351. The Morgan fingerprint density at radius 2 is 1.79 bits per heavy atom. The molecule has 2 aromatic rings. The number of hydrogen-bond acceptors (Lipinski definition) is 8. The summed E-state index contributed by atoms with van der Waals surface area (Å²) in [5.74, 6) is -5.84. The van der Waals surface area contributed by atoms with Gasteiger partial charge in [0.1, 0.15) is 22.8 Å². The number of carbonyl (C=O) groups excluding carboxylic acids is 3. The maximum atomic E-state index is 13.3. The second kappa shape index (κ2) is 5.88. The van der Waals surface area contributed by atoms with E-state index < -0.39 is 52.0 Å². The standard InChI is InChI=1S/C21H19NO7/c1-7-3-4-9-5-10-6-11-15(22)18(26)12(8(2)23)19(27)21(11,29)20(28)14(10)17(25)13(9)16(7)24/h3-5,11,15,24-26,29H,6,22H2,1-2H3/t11?,15-,21?/m1/s1. The molecular formula is C21H19NO7. The van der Waals surface area contributed by atoms with Gasteiger partial charge in [-0.25, -0.2) is 0 Å².